The van der Waals surface area contributed by atoms with E-state index in [1.54, 1.807) is 17.3 Å². The van der Waals surface area contributed by atoms with Gasteiger partial charge in [-0.3, -0.25) is 20.1 Å². The van der Waals surface area contributed by atoms with Crippen LogP contribution in [0.4, 0.5) is 0 Å². The van der Waals surface area contributed by atoms with Crippen LogP contribution in [0.5, 0.6) is 0 Å². The Bertz CT molecular complexity index is 1140. The van der Waals surface area contributed by atoms with Crippen molar-refractivity contribution in [1.82, 2.24) is 9.88 Å². The molecule has 0 spiro atoms. The summed E-state index contributed by atoms with van der Waals surface area (Å²) in [6, 6.07) is 20.0. The first kappa shape index (κ1) is 20.0. The Labute approximate surface area is 187 Å². The number of carbonyl (C=O) groups is 1. The normalized spacial score (nSPS) is 21.0. The Morgan fingerprint density at radius 3 is 2.45 bits per heavy atom. The summed E-state index contributed by atoms with van der Waals surface area (Å²) in [7, 11) is 0. The van der Waals surface area contributed by atoms with E-state index in [9.17, 15) is 4.79 Å². The Morgan fingerprint density at radius 2 is 1.74 bits per heavy atom. The smallest absolute Gasteiger partial charge is 0.239 e. The predicted octanol–water partition coefficient (Wildman–Crippen LogP) is 5.50. The van der Waals surface area contributed by atoms with Gasteiger partial charge in [-0.2, -0.15) is 0 Å². The number of rotatable bonds is 6. The summed E-state index contributed by atoms with van der Waals surface area (Å²) in [5.41, 5.74) is 3.62. The first-order valence-electron chi connectivity index (χ1n) is 10.7. The number of carbonyl (C=O) groups excluding carboxylic acids is 1. The van der Waals surface area contributed by atoms with Gasteiger partial charge in [0.25, 0.3) is 0 Å². The van der Waals surface area contributed by atoms with Crippen LogP contribution < -0.4 is 0 Å². The summed E-state index contributed by atoms with van der Waals surface area (Å²) in [6.07, 6.45) is 6.81. The predicted molar refractivity (Wildman–Crippen MR) is 123 cm³/mol. The molecule has 1 saturated carbocycles. The fraction of sp³-hybridized carbons (Fsp3) is 0.269. The number of likely N-dealkylation sites (tertiary alicyclic amines) is 1. The highest BCUT2D eigenvalue weighted by molar-refractivity contribution is 6.30. The number of pyridine rings is 1. The minimum Gasteiger partial charge on any atom is -0.300 e. The van der Waals surface area contributed by atoms with Gasteiger partial charge >= 0.3 is 0 Å². The van der Waals surface area contributed by atoms with Crippen molar-refractivity contribution >= 4 is 23.3 Å². The van der Waals surface area contributed by atoms with Gasteiger partial charge in [-0.25, -0.2) is 0 Å². The summed E-state index contributed by atoms with van der Waals surface area (Å²) in [5.74, 6) is 0.817. The SMILES string of the molecule is N=C1CC(c2cccc(-c3cccc(Cl)c3)c2)(C2CC2)C(=O)N1CCc1ccncc1. The van der Waals surface area contributed by atoms with E-state index in [-0.39, 0.29) is 5.91 Å². The molecule has 3 aromatic rings. The molecule has 1 saturated heterocycles. The maximum absolute atomic E-state index is 13.8. The van der Waals surface area contributed by atoms with E-state index in [0.29, 0.717) is 29.7 Å². The van der Waals surface area contributed by atoms with Crippen molar-refractivity contribution in [3.05, 3.63) is 89.2 Å². The summed E-state index contributed by atoms with van der Waals surface area (Å²) < 4.78 is 0. The van der Waals surface area contributed by atoms with Crippen molar-refractivity contribution in [2.75, 3.05) is 6.54 Å². The zero-order valence-electron chi connectivity index (χ0n) is 17.2. The monoisotopic (exact) mass is 429 g/mol. The maximum atomic E-state index is 13.8. The van der Waals surface area contributed by atoms with Gasteiger partial charge in [-0.1, -0.05) is 48.0 Å². The van der Waals surface area contributed by atoms with Gasteiger partial charge in [0.05, 0.1) is 5.41 Å². The van der Waals surface area contributed by atoms with E-state index in [1.807, 2.05) is 42.5 Å². The van der Waals surface area contributed by atoms with Crippen molar-refractivity contribution in [3.63, 3.8) is 0 Å². The van der Waals surface area contributed by atoms with Crippen molar-refractivity contribution in [2.45, 2.75) is 31.1 Å². The van der Waals surface area contributed by atoms with Crippen LogP contribution in [0.2, 0.25) is 5.02 Å². The first-order valence-corrected chi connectivity index (χ1v) is 11.1. The van der Waals surface area contributed by atoms with Gasteiger partial charge in [0.15, 0.2) is 0 Å². The second kappa shape index (κ2) is 7.93. The number of amides is 1. The molecule has 31 heavy (non-hydrogen) atoms. The average Bonchev–Trinajstić information content (AvgIpc) is 3.60. The van der Waals surface area contributed by atoms with Gasteiger partial charge in [-0.05, 0) is 71.7 Å². The fourth-order valence-electron chi connectivity index (χ4n) is 4.83. The lowest BCUT2D eigenvalue weighted by Gasteiger charge is -2.28. The lowest BCUT2D eigenvalue weighted by Crippen LogP contribution is -2.41. The van der Waals surface area contributed by atoms with Crippen LogP contribution in [0.15, 0.2) is 73.1 Å². The van der Waals surface area contributed by atoms with E-state index >= 15 is 0 Å². The molecule has 5 rings (SSSR count). The van der Waals surface area contributed by atoms with Gasteiger partial charge in [0.1, 0.15) is 5.84 Å². The van der Waals surface area contributed by atoms with Crippen LogP contribution in [0, 0.1) is 11.3 Å². The number of benzene rings is 2. The van der Waals surface area contributed by atoms with E-state index in [4.69, 9.17) is 17.0 Å². The van der Waals surface area contributed by atoms with Gasteiger partial charge in [-0.15, -0.1) is 0 Å². The number of hydrogen-bond acceptors (Lipinski definition) is 3. The number of aromatic nitrogens is 1. The van der Waals surface area contributed by atoms with Crippen LogP contribution in [0.3, 0.4) is 0 Å². The summed E-state index contributed by atoms with van der Waals surface area (Å²) in [6.45, 7) is 0.532. The summed E-state index contributed by atoms with van der Waals surface area (Å²) in [5, 5.41) is 9.34. The van der Waals surface area contributed by atoms with E-state index in [0.717, 1.165) is 41.5 Å². The Kier molecular flexibility index (Phi) is 5.11. The van der Waals surface area contributed by atoms with Crippen LogP contribution in [0.25, 0.3) is 11.1 Å². The highest BCUT2D eigenvalue weighted by Crippen LogP contribution is 2.54. The number of hydrogen-bond donors (Lipinski definition) is 1. The second-order valence-electron chi connectivity index (χ2n) is 8.52. The number of amidine groups is 1. The zero-order chi connectivity index (χ0) is 21.4. The molecule has 1 amide bonds. The van der Waals surface area contributed by atoms with Crippen molar-refractivity contribution in [3.8, 4) is 11.1 Å². The summed E-state index contributed by atoms with van der Waals surface area (Å²) >= 11 is 6.20. The van der Waals surface area contributed by atoms with Crippen LogP contribution in [-0.2, 0) is 16.6 Å². The zero-order valence-corrected chi connectivity index (χ0v) is 18.0. The standard InChI is InChI=1S/C26H24ClN3O/c27-23-6-2-4-20(16-23)19-3-1-5-22(15-19)26(21-7-8-21)17-24(28)30(25(26)31)14-11-18-9-12-29-13-10-18/h1-6,9-10,12-13,15-16,21,28H,7-8,11,14,17H2. The molecule has 1 atom stereocenters. The van der Waals surface area contributed by atoms with E-state index in [1.165, 1.54) is 0 Å². The third kappa shape index (κ3) is 3.66. The molecule has 1 unspecified atom stereocenters. The Hall–Kier alpha value is -2.98. The highest BCUT2D eigenvalue weighted by Gasteiger charge is 2.58. The number of nitrogens with zero attached hydrogens (tertiary/aromatic N) is 2. The molecule has 1 N–H and O–H groups in total. The molecule has 1 aromatic heterocycles. The lowest BCUT2D eigenvalue weighted by atomic mass is 9.73. The fourth-order valence-corrected chi connectivity index (χ4v) is 5.02. The molecule has 2 aliphatic rings. The number of halogens is 1. The first-order chi connectivity index (χ1) is 15.1. The molecule has 1 aliphatic heterocycles. The van der Waals surface area contributed by atoms with Crippen molar-refractivity contribution in [2.24, 2.45) is 5.92 Å². The lowest BCUT2D eigenvalue weighted by molar-refractivity contribution is -0.131. The molecule has 0 radical (unpaired) electrons. The molecule has 0 bridgehead atoms. The molecular formula is C26H24ClN3O. The molecule has 2 fully saturated rings. The topological polar surface area (TPSA) is 57.1 Å². The molecule has 5 heteroatoms. The molecular weight excluding hydrogens is 406 g/mol. The van der Waals surface area contributed by atoms with Gasteiger partial charge < -0.3 is 0 Å². The molecule has 4 nitrogen and oxygen atoms in total. The van der Waals surface area contributed by atoms with E-state index in [2.05, 4.69) is 23.2 Å². The van der Waals surface area contributed by atoms with Crippen LogP contribution in [-0.4, -0.2) is 28.2 Å². The second-order valence-corrected chi connectivity index (χ2v) is 8.96. The average molecular weight is 430 g/mol. The van der Waals surface area contributed by atoms with E-state index < -0.39 is 5.41 Å². The van der Waals surface area contributed by atoms with Crippen molar-refractivity contribution < 1.29 is 4.79 Å². The highest BCUT2D eigenvalue weighted by atomic mass is 35.5. The quantitative estimate of drug-likeness (QED) is 0.562. The van der Waals surface area contributed by atoms with Gasteiger partial charge in [0, 0.05) is 30.4 Å². The maximum Gasteiger partial charge on any atom is 0.239 e. The largest absolute Gasteiger partial charge is 0.300 e. The Balaban J connectivity index is 1.47. The molecule has 1 aliphatic carbocycles. The van der Waals surface area contributed by atoms with Gasteiger partial charge in [0.2, 0.25) is 5.91 Å². The minimum atomic E-state index is -0.621. The molecule has 2 heterocycles. The minimum absolute atomic E-state index is 0.0808. The summed E-state index contributed by atoms with van der Waals surface area (Å²) in [4.78, 5) is 19.6. The van der Waals surface area contributed by atoms with Crippen molar-refractivity contribution in [1.29, 1.82) is 5.41 Å². The third-order valence-electron chi connectivity index (χ3n) is 6.58. The third-order valence-corrected chi connectivity index (χ3v) is 6.82. The molecule has 2 aromatic carbocycles. The molecule has 156 valence electrons. The van der Waals surface area contributed by atoms with Crippen LogP contribution >= 0.6 is 11.6 Å². The number of nitrogens with one attached hydrogen (secondary N) is 1. The Morgan fingerprint density at radius 1 is 1.03 bits per heavy atom. The van der Waals surface area contributed by atoms with Crippen LogP contribution in [0.1, 0.15) is 30.4 Å².